The molecule has 1 saturated heterocycles. The van der Waals surface area contributed by atoms with Crippen molar-refractivity contribution in [3.63, 3.8) is 0 Å². The molecule has 1 atom stereocenters. The summed E-state index contributed by atoms with van der Waals surface area (Å²) in [7, 11) is 0.715. The standard InChI is InChI=1S/C20H21N3O3S/c1-21-9-11-22(12-10-21)27(26)16-7-8-18-17(13-16)19(24)20(25)23(18)14-15-5-3-2-4-6-15/h2-8,13H,9-12,14H2,1H3. The van der Waals surface area contributed by atoms with Gasteiger partial charge in [-0.05, 0) is 30.8 Å². The molecule has 0 spiro atoms. The second-order valence-corrected chi connectivity index (χ2v) is 8.35. The van der Waals surface area contributed by atoms with Gasteiger partial charge in [-0.3, -0.25) is 9.59 Å². The number of piperazine rings is 1. The molecule has 2 heterocycles. The first kappa shape index (κ1) is 18.0. The predicted molar refractivity (Wildman–Crippen MR) is 104 cm³/mol. The summed E-state index contributed by atoms with van der Waals surface area (Å²) in [4.78, 5) is 29.2. The molecule has 7 heteroatoms. The Morgan fingerprint density at radius 1 is 0.963 bits per heavy atom. The maximum Gasteiger partial charge on any atom is 0.299 e. The molecule has 140 valence electrons. The van der Waals surface area contributed by atoms with E-state index in [4.69, 9.17) is 0 Å². The molecule has 0 aliphatic carbocycles. The van der Waals surface area contributed by atoms with Crippen molar-refractivity contribution in [3.8, 4) is 0 Å². The van der Waals surface area contributed by atoms with Crippen LogP contribution in [0.1, 0.15) is 15.9 Å². The molecule has 0 N–H and O–H groups in total. The quantitative estimate of drug-likeness (QED) is 0.754. The molecule has 0 radical (unpaired) electrons. The van der Waals surface area contributed by atoms with Crippen molar-refractivity contribution in [1.29, 1.82) is 0 Å². The molecule has 2 aliphatic rings. The maximum atomic E-state index is 12.9. The van der Waals surface area contributed by atoms with E-state index in [1.165, 1.54) is 4.90 Å². The van der Waals surface area contributed by atoms with E-state index in [-0.39, 0.29) is 0 Å². The minimum absolute atomic E-state index is 0.343. The lowest BCUT2D eigenvalue weighted by atomic mass is 10.1. The topological polar surface area (TPSA) is 60.9 Å². The monoisotopic (exact) mass is 383 g/mol. The Morgan fingerprint density at radius 3 is 2.37 bits per heavy atom. The lowest BCUT2D eigenvalue weighted by molar-refractivity contribution is -0.114. The smallest absolute Gasteiger partial charge is 0.299 e. The van der Waals surface area contributed by atoms with Crippen LogP contribution in [0, 0.1) is 0 Å². The molecule has 2 aliphatic heterocycles. The first-order valence-electron chi connectivity index (χ1n) is 8.94. The summed E-state index contributed by atoms with van der Waals surface area (Å²) in [5.41, 5.74) is 1.89. The average Bonchev–Trinajstić information content (AvgIpc) is 2.93. The third-order valence-electron chi connectivity index (χ3n) is 5.02. The van der Waals surface area contributed by atoms with Gasteiger partial charge in [0.15, 0.2) is 0 Å². The molecular formula is C20H21N3O3S. The van der Waals surface area contributed by atoms with Crippen LogP contribution in [0.3, 0.4) is 0 Å². The van der Waals surface area contributed by atoms with Crippen LogP contribution >= 0.6 is 0 Å². The van der Waals surface area contributed by atoms with E-state index in [1.807, 2.05) is 41.7 Å². The lowest BCUT2D eigenvalue weighted by Crippen LogP contribution is -2.45. The van der Waals surface area contributed by atoms with Crippen molar-refractivity contribution in [3.05, 3.63) is 59.7 Å². The number of hydrogen-bond acceptors (Lipinski definition) is 4. The predicted octanol–water partition coefficient (Wildman–Crippen LogP) is 1.69. The number of Topliss-reactive ketones (excluding diaryl/α,β-unsaturated/α-hetero) is 1. The molecule has 0 saturated carbocycles. The van der Waals surface area contributed by atoms with E-state index >= 15 is 0 Å². The number of amides is 1. The first-order chi connectivity index (χ1) is 13.0. The van der Waals surface area contributed by atoms with E-state index in [2.05, 4.69) is 4.90 Å². The number of anilines is 1. The maximum absolute atomic E-state index is 12.9. The van der Waals surface area contributed by atoms with Crippen molar-refractivity contribution >= 4 is 28.4 Å². The number of likely N-dealkylation sites (N-methyl/N-ethyl adjacent to an activating group) is 1. The molecular weight excluding hydrogens is 362 g/mol. The van der Waals surface area contributed by atoms with Gasteiger partial charge >= 0.3 is 0 Å². The third kappa shape index (κ3) is 3.45. The minimum Gasteiger partial charge on any atom is -0.304 e. The van der Waals surface area contributed by atoms with Gasteiger partial charge in [0.1, 0.15) is 11.0 Å². The van der Waals surface area contributed by atoms with Gasteiger partial charge in [-0.25, -0.2) is 8.51 Å². The summed E-state index contributed by atoms with van der Waals surface area (Å²) >= 11 is 0. The highest BCUT2D eigenvalue weighted by atomic mass is 32.2. The van der Waals surface area contributed by atoms with Gasteiger partial charge < -0.3 is 9.80 Å². The highest BCUT2D eigenvalue weighted by Crippen LogP contribution is 2.32. The first-order valence-corrected chi connectivity index (χ1v) is 10.0. The number of benzene rings is 2. The Morgan fingerprint density at radius 2 is 1.67 bits per heavy atom. The Bertz CT molecular complexity index is 908. The molecule has 1 unspecified atom stereocenters. The van der Waals surface area contributed by atoms with Crippen LogP contribution in [0.15, 0.2) is 53.4 Å². The fourth-order valence-corrected chi connectivity index (χ4v) is 4.61. The third-order valence-corrected chi connectivity index (χ3v) is 6.52. The number of carbonyl (C=O) groups is 2. The Balaban J connectivity index is 1.59. The summed E-state index contributed by atoms with van der Waals surface area (Å²) in [5.74, 6) is -1.06. The van der Waals surface area contributed by atoms with Gasteiger partial charge in [0, 0.05) is 26.2 Å². The van der Waals surface area contributed by atoms with Crippen molar-refractivity contribution in [1.82, 2.24) is 9.21 Å². The number of fused-ring (bicyclic) bond motifs is 1. The van der Waals surface area contributed by atoms with Crippen molar-refractivity contribution < 1.29 is 13.8 Å². The molecule has 27 heavy (non-hydrogen) atoms. The molecule has 2 aromatic rings. The second-order valence-electron chi connectivity index (χ2n) is 6.87. The number of hydrogen-bond donors (Lipinski definition) is 0. The van der Waals surface area contributed by atoms with E-state index < -0.39 is 22.7 Å². The van der Waals surface area contributed by atoms with Gasteiger partial charge in [-0.2, -0.15) is 0 Å². The van der Waals surface area contributed by atoms with E-state index in [1.54, 1.807) is 18.2 Å². The summed E-state index contributed by atoms with van der Waals surface area (Å²) < 4.78 is 14.8. The van der Waals surface area contributed by atoms with E-state index in [0.717, 1.165) is 18.7 Å². The molecule has 4 rings (SSSR count). The second kappa shape index (κ2) is 7.34. The lowest BCUT2D eigenvalue weighted by Gasteiger charge is -2.31. The van der Waals surface area contributed by atoms with Crippen LogP contribution in [0.2, 0.25) is 0 Å². The van der Waals surface area contributed by atoms with E-state index in [9.17, 15) is 13.8 Å². The molecule has 6 nitrogen and oxygen atoms in total. The minimum atomic E-state index is -1.33. The molecule has 0 aromatic heterocycles. The average molecular weight is 383 g/mol. The zero-order valence-corrected chi connectivity index (χ0v) is 15.9. The number of nitrogens with zero attached hydrogens (tertiary/aromatic N) is 3. The van der Waals surface area contributed by atoms with Crippen LogP contribution in [0.4, 0.5) is 5.69 Å². The van der Waals surface area contributed by atoms with Gasteiger partial charge in [0.05, 0.1) is 22.7 Å². The zero-order chi connectivity index (χ0) is 19.0. The van der Waals surface area contributed by atoms with Crippen molar-refractivity contribution in [2.75, 3.05) is 38.1 Å². The summed E-state index contributed by atoms with van der Waals surface area (Å²) in [5, 5.41) is 0. The van der Waals surface area contributed by atoms with Gasteiger partial charge in [-0.1, -0.05) is 30.3 Å². The largest absolute Gasteiger partial charge is 0.304 e. The van der Waals surface area contributed by atoms with Crippen LogP contribution in [-0.4, -0.2) is 58.3 Å². The van der Waals surface area contributed by atoms with Gasteiger partial charge in [0.2, 0.25) is 0 Å². The van der Waals surface area contributed by atoms with Crippen molar-refractivity contribution in [2.45, 2.75) is 11.4 Å². The summed E-state index contributed by atoms with van der Waals surface area (Å²) in [6, 6.07) is 14.7. The number of ketones is 1. The highest BCUT2D eigenvalue weighted by molar-refractivity contribution is 7.82. The Labute approximate surface area is 161 Å². The van der Waals surface area contributed by atoms with Crippen LogP contribution in [-0.2, 0) is 22.3 Å². The van der Waals surface area contributed by atoms with E-state index in [0.29, 0.717) is 35.8 Å². The van der Waals surface area contributed by atoms with Crippen LogP contribution in [0.5, 0.6) is 0 Å². The van der Waals surface area contributed by atoms with Crippen molar-refractivity contribution in [2.24, 2.45) is 0 Å². The SMILES string of the molecule is CN1CCN(S(=O)c2ccc3c(c2)C(=O)C(=O)N3Cc2ccccc2)CC1. The normalized spacial score (nSPS) is 19.4. The molecule has 2 aromatic carbocycles. The highest BCUT2D eigenvalue weighted by Gasteiger charge is 2.36. The Kier molecular flexibility index (Phi) is 4.90. The number of rotatable bonds is 4. The summed E-state index contributed by atoms with van der Waals surface area (Å²) in [6.07, 6.45) is 0. The zero-order valence-electron chi connectivity index (χ0n) is 15.1. The molecule has 1 amide bonds. The fraction of sp³-hybridized carbons (Fsp3) is 0.300. The Hall–Kier alpha value is -2.35. The van der Waals surface area contributed by atoms with Crippen LogP contribution in [0.25, 0.3) is 0 Å². The van der Waals surface area contributed by atoms with Gasteiger partial charge in [-0.15, -0.1) is 0 Å². The number of carbonyl (C=O) groups excluding carboxylic acids is 2. The molecule has 1 fully saturated rings. The van der Waals surface area contributed by atoms with Crippen LogP contribution < -0.4 is 4.90 Å². The molecule has 0 bridgehead atoms. The van der Waals surface area contributed by atoms with Gasteiger partial charge in [0.25, 0.3) is 11.7 Å². The summed E-state index contributed by atoms with van der Waals surface area (Å²) in [6.45, 7) is 3.50. The fourth-order valence-electron chi connectivity index (χ4n) is 3.41.